The molecule has 0 aliphatic carbocycles. The van der Waals surface area contributed by atoms with E-state index in [0.717, 1.165) is 11.3 Å². The van der Waals surface area contributed by atoms with Crippen molar-refractivity contribution in [3.05, 3.63) is 59.6 Å². The molecule has 2 rings (SSSR count). The molecule has 0 spiro atoms. The van der Waals surface area contributed by atoms with Gasteiger partial charge in [-0.3, -0.25) is 0 Å². The first kappa shape index (κ1) is 11.9. The van der Waals surface area contributed by atoms with Crippen molar-refractivity contribution in [3.63, 3.8) is 0 Å². The molecule has 4 heteroatoms. The van der Waals surface area contributed by atoms with Crippen LogP contribution in [0.5, 0.6) is 11.5 Å². The second-order valence-corrected chi connectivity index (χ2v) is 3.60. The van der Waals surface area contributed by atoms with Crippen LogP contribution in [-0.2, 0) is 6.61 Å². The van der Waals surface area contributed by atoms with Gasteiger partial charge in [-0.15, -0.1) is 4.98 Å². The summed E-state index contributed by atoms with van der Waals surface area (Å²) in [7, 11) is 1.64. The van der Waals surface area contributed by atoms with Crippen molar-refractivity contribution in [1.29, 1.82) is 0 Å². The molecule has 0 fully saturated rings. The van der Waals surface area contributed by atoms with E-state index >= 15 is 0 Å². The predicted octanol–water partition coefficient (Wildman–Crippen LogP) is 3.22. The van der Waals surface area contributed by atoms with Gasteiger partial charge in [-0.05, 0) is 29.8 Å². The van der Waals surface area contributed by atoms with Crippen molar-refractivity contribution < 1.29 is 9.47 Å². The molecule has 1 aromatic carbocycles. The van der Waals surface area contributed by atoms with E-state index in [2.05, 4.69) is 9.83 Å². The van der Waals surface area contributed by atoms with E-state index in [-0.39, 0.29) is 0 Å². The van der Waals surface area contributed by atoms with Crippen LogP contribution in [0.3, 0.4) is 0 Å². The fraction of sp³-hybridized carbons (Fsp3) is 0.143. The van der Waals surface area contributed by atoms with E-state index in [1.54, 1.807) is 25.4 Å². The third-order valence-corrected chi connectivity index (χ3v) is 2.40. The maximum atomic E-state index is 6.80. The van der Waals surface area contributed by atoms with E-state index in [1.807, 2.05) is 24.3 Å². The van der Waals surface area contributed by atoms with Crippen molar-refractivity contribution >= 4 is 5.82 Å². The van der Waals surface area contributed by atoms with Crippen molar-refractivity contribution in [2.45, 2.75) is 6.61 Å². The molecule has 0 radical (unpaired) electrons. The quantitative estimate of drug-likeness (QED) is 0.770. The Hall–Kier alpha value is -2.54. The number of nitrogens with zero attached hydrogens (tertiary/aromatic N) is 2. The zero-order valence-electron chi connectivity index (χ0n) is 9.96. The minimum Gasteiger partial charge on any atom is -0.497 e. The highest BCUT2D eigenvalue weighted by Gasteiger charge is 1.99. The molecule has 90 valence electrons. The third kappa shape index (κ3) is 2.98. The highest BCUT2D eigenvalue weighted by atomic mass is 16.5. The monoisotopic (exact) mass is 240 g/mol. The fourth-order valence-electron chi connectivity index (χ4n) is 1.41. The minimum atomic E-state index is 0.367. The average molecular weight is 240 g/mol. The second-order valence-electron chi connectivity index (χ2n) is 3.60. The van der Waals surface area contributed by atoms with Crippen LogP contribution in [0.1, 0.15) is 5.56 Å². The van der Waals surface area contributed by atoms with Crippen LogP contribution < -0.4 is 9.47 Å². The first-order valence-electron chi connectivity index (χ1n) is 5.41. The summed E-state index contributed by atoms with van der Waals surface area (Å²) in [6, 6.07) is 11.0. The first-order chi connectivity index (χ1) is 8.81. The normalized spacial score (nSPS) is 9.56. The maximum Gasteiger partial charge on any atom is 0.269 e. The van der Waals surface area contributed by atoms with Crippen molar-refractivity contribution in [3.8, 4) is 11.5 Å². The predicted molar refractivity (Wildman–Crippen MR) is 67.8 cm³/mol. The van der Waals surface area contributed by atoms with Gasteiger partial charge in [-0.25, -0.2) is 0 Å². The summed E-state index contributed by atoms with van der Waals surface area (Å²) < 4.78 is 10.6. The third-order valence-electron chi connectivity index (χ3n) is 2.40. The van der Waals surface area contributed by atoms with Gasteiger partial charge in [0, 0.05) is 0 Å². The standard InChI is InChI=1S/C14H12N2O2/c1-15-14-8-7-13(9-16-14)18-10-11-3-5-12(17-2)6-4-11/h3-9H,10H2,2H3. The van der Waals surface area contributed by atoms with Gasteiger partial charge in [-0.1, -0.05) is 18.7 Å². The smallest absolute Gasteiger partial charge is 0.269 e. The fourth-order valence-corrected chi connectivity index (χ4v) is 1.41. The Morgan fingerprint density at radius 2 is 1.83 bits per heavy atom. The lowest BCUT2D eigenvalue weighted by molar-refractivity contribution is 0.305. The Morgan fingerprint density at radius 3 is 2.39 bits per heavy atom. The topological polar surface area (TPSA) is 35.7 Å². The van der Waals surface area contributed by atoms with Crippen LogP contribution in [-0.4, -0.2) is 12.1 Å². The number of methoxy groups -OCH3 is 1. The summed E-state index contributed by atoms with van der Waals surface area (Å²) in [6.07, 6.45) is 1.55. The lowest BCUT2D eigenvalue weighted by atomic mass is 10.2. The molecule has 0 aliphatic rings. The molecule has 0 saturated heterocycles. The Morgan fingerprint density at radius 1 is 1.11 bits per heavy atom. The first-order valence-corrected chi connectivity index (χ1v) is 5.41. The van der Waals surface area contributed by atoms with Crippen LogP contribution in [0, 0.1) is 6.57 Å². The summed E-state index contributed by atoms with van der Waals surface area (Å²) in [6.45, 7) is 7.26. The molecule has 0 amide bonds. The van der Waals surface area contributed by atoms with Gasteiger partial charge in [0.1, 0.15) is 12.4 Å². The molecule has 0 aliphatic heterocycles. The Labute approximate surface area is 106 Å². The Kier molecular flexibility index (Phi) is 3.77. The maximum absolute atomic E-state index is 6.80. The van der Waals surface area contributed by atoms with Crippen molar-refractivity contribution in [2.75, 3.05) is 7.11 Å². The molecular formula is C14H12N2O2. The Balaban J connectivity index is 1.95. The van der Waals surface area contributed by atoms with E-state index in [9.17, 15) is 0 Å². The number of rotatable bonds is 4. The van der Waals surface area contributed by atoms with E-state index in [0.29, 0.717) is 18.2 Å². The van der Waals surface area contributed by atoms with Crippen LogP contribution in [0.25, 0.3) is 4.85 Å². The van der Waals surface area contributed by atoms with Gasteiger partial charge in [0.2, 0.25) is 0 Å². The summed E-state index contributed by atoms with van der Waals surface area (Å²) in [4.78, 5) is 7.16. The second kappa shape index (κ2) is 5.69. The lowest BCUT2D eigenvalue weighted by Gasteiger charge is -2.05. The number of hydrogen-bond donors (Lipinski definition) is 0. The van der Waals surface area contributed by atoms with Crippen LogP contribution in [0.2, 0.25) is 0 Å². The summed E-state index contributed by atoms with van der Waals surface area (Å²) in [5.41, 5.74) is 1.05. The number of ether oxygens (including phenoxy) is 2. The van der Waals surface area contributed by atoms with Gasteiger partial charge in [0.15, 0.2) is 11.9 Å². The van der Waals surface area contributed by atoms with Crippen molar-refractivity contribution in [1.82, 2.24) is 4.98 Å². The molecule has 0 N–H and O–H groups in total. The van der Waals surface area contributed by atoms with Crippen LogP contribution in [0.15, 0.2) is 42.6 Å². The van der Waals surface area contributed by atoms with Gasteiger partial charge < -0.3 is 14.3 Å². The van der Waals surface area contributed by atoms with Gasteiger partial charge in [-0.2, -0.15) is 0 Å². The molecule has 18 heavy (non-hydrogen) atoms. The number of hydrogen-bond acceptors (Lipinski definition) is 3. The van der Waals surface area contributed by atoms with Gasteiger partial charge in [0.05, 0.1) is 7.11 Å². The summed E-state index contributed by atoms with van der Waals surface area (Å²) in [5, 5.41) is 0. The molecule has 0 bridgehead atoms. The SMILES string of the molecule is [C-]#[N+]c1ccc(OCc2ccc(OC)cc2)cn1. The molecule has 1 heterocycles. The number of benzene rings is 1. The number of pyridine rings is 1. The molecule has 0 atom stereocenters. The summed E-state index contributed by atoms with van der Waals surface area (Å²) in [5.74, 6) is 1.84. The molecular weight excluding hydrogens is 228 g/mol. The molecule has 2 aromatic rings. The average Bonchev–Trinajstić information content (AvgIpc) is 2.46. The van der Waals surface area contributed by atoms with Gasteiger partial charge in [0.25, 0.3) is 5.82 Å². The molecule has 0 unspecified atom stereocenters. The molecule has 1 aromatic heterocycles. The number of aromatic nitrogens is 1. The zero-order valence-corrected chi connectivity index (χ0v) is 9.96. The summed E-state index contributed by atoms with van der Waals surface area (Å²) >= 11 is 0. The Bertz CT molecular complexity index is 542. The van der Waals surface area contributed by atoms with E-state index in [1.165, 1.54) is 0 Å². The van der Waals surface area contributed by atoms with Crippen molar-refractivity contribution in [2.24, 2.45) is 0 Å². The van der Waals surface area contributed by atoms with Gasteiger partial charge >= 0.3 is 0 Å². The van der Waals surface area contributed by atoms with E-state index in [4.69, 9.17) is 16.0 Å². The molecule has 4 nitrogen and oxygen atoms in total. The van der Waals surface area contributed by atoms with E-state index < -0.39 is 0 Å². The highest BCUT2D eigenvalue weighted by molar-refractivity contribution is 5.38. The van der Waals surface area contributed by atoms with Crippen LogP contribution >= 0.6 is 0 Å². The minimum absolute atomic E-state index is 0.367. The highest BCUT2D eigenvalue weighted by Crippen LogP contribution is 2.17. The molecule has 0 saturated carbocycles. The lowest BCUT2D eigenvalue weighted by Crippen LogP contribution is -1.95. The van der Waals surface area contributed by atoms with Crippen LogP contribution in [0.4, 0.5) is 5.82 Å². The zero-order chi connectivity index (χ0) is 12.8. The largest absolute Gasteiger partial charge is 0.497 e.